The number of unbranched alkanes of at least 4 members (excludes halogenated alkanes) is 1. The highest BCUT2D eigenvalue weighted by Crippen LogP contribution is 2.10. The molecule has 0 aliphatic heterocycles. The third-order valence-corrected chi connectivity index (χ3v) is 2.73. The first-order valence-corrected chi connectivity index (χ1v) is 6.31. The van der Waals surface area contributed by atoms with E-state index in [2.05, 4.69) is 29.4 Å². The molecular formula is C14H17N3O. The molecular weight excluding hydrogens is 226 g/mol. The van der Waals surface area contributed by atoms with Gasteiger partial charge in [0.1, 0.15) is 5.52 Å². The van der Waals surface area contributed by atoms with Gasteiger partial charge in [-0.3, -0.25) is 4.79 Å². The van der Waals surface area contributed by atoms with Crippen LogP contribution in [0.15, 0.2) is 36.4 Å². The second-order valence-electron chi connectivity index (χ2n) is 4.18. The van der Waals surface area contributed by atoms with E-state index in [1.807, 2.05) is 24.3 Å². The monoisotopic (exact) mass is 243 g/mol. The van der Waals surface area contributed by atoms with Crippen molar-refractivity contribution in [3.05, 3.63) is 36.4 Å². The van der Waals surface area contributed by atoms with E-state index >= 15 is 0 Å². The molecule has 1 aromatic carbocycles. The number of carbonyl (C=O) groups is 1. The fourth-order valence-corrected chi connectivity index (χ4v) is 1.77. The Morgan fingerprint density at radius 2 is 2.06 bits per heavy atom. The van der Waals surface area contributed by atoms with E-state index in [1.54, 1.807) is 0 Å². The van der Waals surface area contributed by atoms with E-state index in [0.29, 0.717) is 6.42 Å². The first kappa shape index (κ1) is 12.5. The summed E-state index contributed by atoms with van der Waals surface area (Å²) in [5.41, 5.74) is 1.53. The van der Waals surface area contributed by atoms with Gasteiger partial charge >= 0.3 is 0 Å². The highest BCUT2D eigenvalue weighted by molar-refractivity contribution is 5.88. The number of allylic oxidation sites excluding steroid dienone is 2. The van der Waals surface area contributed by atoms with Crippen molar-refractivity contribution < 1.29 is 4.79 Å². The highest BCUT2D eigenvalue weighted by Gasteiger charge is 2.09. The summed E-state index contributed by atoms with van der Waals surface area (Å²) >= 11 is 0. The largest absolute Gasteiger partial charge is 0.272 e. The number of fused-ring (bicyclic) bond motifs is 1. The number of benzene rings is 1. The van der Waals surface area contributed by atoms with Crippen LogP contribution in [0.3, 0.4) is 0 Å². The van der Waals surface area contributed by atoms with Crippen molar-refractivity contribution in [3.8, 4) is 0 Å². The van der Waals surface area contributed by atoms with Crippen molar-refractivity contribution in [2.24, 2.45) is 0 Å². The lowest BCUT2D eigenvalue weighted by Crippen LogP contribution is -2.11. The molecule has 2 aromatic rings. The summed E-state index contributed by atoms with van der Waals surface area (Å²) in [6, 6.07) is 7.49. The van der Waals surface area contributed by atoms with Gasteiger partial charge in [0.25, 0.3) is 0 Å². The summed E-state index contributed by atoms with van der Waals surface area (Å²) in [7, 11) is 0. The summed E-state index contributed by atoms with van der Waals surface area (Å²) in [6.07, 6.45) is 7.60. The zero-order valence-corrected chi connectivity index (χ0v) is 10.5. The molecule has 94 valence electrons. The van der Waals surface area contributed by atoms with Crippen LogP contribution in [0.4, 0.5) is 0 Å². The first-order valence-electron chi connectivity index (χ1n) is 6.31. The smallest absolute Gasteiger partial charge is 0.249 e. The molecule has 18 heavy (non-hydrogen) atoms. The van der Waals surface area contributed by atoms with Gasteiger partial charge in [0.05, 0.1) is 5.52 Å². The Hall–Kier alpha value is -1.97. The molecule has 0 aliphatic rings. The van der Waals surface area contributed by atoms with E-state index in [-0.39, 0.29) is 5.91 Å². The van der Waals surface area contributed by atoms with Crippen molar-refractivity contribution >= 4 is 16.9 Å². The molecule has 0 aliphatic carbocycles. The third-order valence-electron chi connectivity index (χ3n) is 2.73. The lowest BCUT2D eigenvalue weighted by atomic mass is 10.2. The summed E-state index contributed by atoms with van der Waals surface area (Å²) in [4.78, 5) is 12.0. The molecule has 0 fully saturated rings. The summed E-state index contributed by atoms with van der Waals surface area (Å²) in [5, 5.41) is 7.87. The molecule has 0 unspecified atom stereocenters. The minimum absolute atomic E-state index is 0.00940. The normalized spacial score (nSPS) is 11.4. The second kappa shape index (κ2) is 6.10. The van der Waals surface area contributed by atoms with E-state index in [9.17, 15) is 4.79 Å². The van der Waals surface area contributed by atoms with Crippen molar-refractivity contribution in [2.75, 3.05) is 0 Å². The Bertz CT molecular complexity index is 557. The van der Waals surface area contributed by atoms with Crippen LogP contribution in [0.1, 0.15) is 37.4 Å². The Kier molecular flexibility index (Phi) is 4.23. The van der Waals surface area contributed by atoms with Gasteiger partial charge in [-0.05, 0) is 25.0 Å². The lowest BCUT2D eigenvalue weighted by molar-refractivity contribution is 0.0891. The second-order valence-corrected chi connectivity index (χ2v) is 4.18. The van der Waals surface area contributed by atoms with Gasteiger partial charge < -0.3 is 0 Å². The predicted molar refractivity (Wildman–Crippen MR) is 71.4 cm³/mol. The molecule has 4 nitrogen and oxygen atoms in total. The van der Waals surface area contributed by atoms with Gasteiger partial charge in [-0.1, -0.05) is 42.8 Å². The molecule has 0 radical (unpaired) electrons. The predicted octanol–water partition coefficient (Wildman–Crippen LogP) is 3.21. The number of aromatic nitrogens is 3. The third kappa shape index (κ3) is 2.83. The Balaban J connectivity index is 2.01. The van der Waals surface area contributed by atoms with E-state index in [0.717, 1.165) is 30.3 Å². The number of carbonyl (C=O) groups excluding carboxylic acids is 1. The molecule has 0 saturated heterocycles. The minimum atomic E-state index is -0.00940. The SMILES string of the molecule is CCC/C=C/CCC(=O)n1nnc2ccccc21. The number of para-hydroxylation sites is 1. The summed E-state index contributed by atoms with van der Waals surface area (Å²) in [6.45, 7) is 2.14. The summed E-state index contributed by atoms with van der Waals surface area (Å²) in [5.74, 6) is -0.00940. The fraction of sp³-hybridized carbons (Fsp3) is 0.357. The van der Waals surface area contributed by atoms with Crippen molar-refractivity contribution in [3.63, 3.8) is 0 Å². The Morgan fingerprint density at radius 1 is 1.28 bits per heavy atom. The van der Waals surface area contributed by atoms with E-state index < -0.39 is 0 Å². The van der Waals surface area contributed by atoms with Crippen LogP contribution in [0.5, 0.6) is 0 Å². The molecule has 1 heterocycles. The standard InChI is InChI=1S/C14H17N3O/c1-2-3-4-5-6-11-14(18)17-13-10-8-7-9-12(13)15-16-17/h4-5,7-10H,2-3,6,11H2,1H3/b5-4+. The number of hydrogen-bond acceptors (Lipinski definition) is 3. The van der Waals surface area contributed by atoms with Gasteiger partial charge in [-0.2, -0.15) is 4.68 Å². The highest BCUT2D eigenvalue weighted by atomic mass is 16.2. The topological polar surface area (TPSA) is 47.8 Å². The van der Waals surface area contributed by atoms with Gasteiger partial charge in [-0.25, -0.2) is 0 Å². The zero-order valence-electron chi connectivity index (χ0n) is 10.5. The van der Waals surface area contributed by atoms with E-state index in [1.165, 1.54) is 4.68 Å². The average molecular weight is 243 g/mol. The molecule has 0 amide bonds. The first-order chi connectivity index (χ1) is 8.83. The number of rotatable bonds is 5. The average Bonchev–Trinajstić information content (AvgIpc) is 2.82. The van der Waals surface area contributed by atoms with Crippen LogP contribution in [-0.2, 0) is 0 Å². The van der Waals surface area contributed by atoms with Gasteiger partial charge in [-0.15, -0.1) is 5.10 Å². The molecule has 0 atom stereocenters. The van der Waals surface area contributed by atoms with Crippen LogP contribution in [0.25, 0.3) is 11.0 Å². The van der Waals surface area contributed by atoms with Crippen LogP contribution >= 0.6 is 0 Å². The zero-order chi connectivity index (χ0) is 12.8. The molecule has 1 aromatic heterocycles. The molecule has 0 saturated carbocycles. The maximum Gasteiger partial charge on any atom is 0.249 e. The van der Waals surface area contributed by atoms with Crippen molar-refractivity contribution in [1.29, 1.82) is 0 Å². The van der Waals surface area contributed by atoms with E-state index in [4.69, 9.17) is 0 Å². The van der Waals surface area contributed by atoms with Gasteiger partial charge in [0, 0.05) is 6.42 Å². The Morgan fingerprint density at radius 3 is 2.89 bits per heavy atom. The quantitative estimate of drug-likeness (QED) is 0.757. The maximum atomic E-state index is 12.0. The van der Waals surface area contributed by atoms with Crippen molar-refractivity contribution in [2.45, 2.75) is 32.6 Å². The van der Waals surface area contributed by atoms with Crippen LogP contribution in [0, 0.1) is 0 Å². The lowest BCUT2D eigenvalue weighted by Gasteiger charge is -1.98. The number of hydrogen-bond donors (Lipinski definition) is 0. The molecule has 0 bridgehead atoms. The molecule has 0 spiro atoms. The summed E-state index contributed by atoms with van der Waals surface area (Å²) < 4.78 is 1.39. The number of nitrogens with zero attached hydrogens (tertiary/aromatic N) is 3. The molecule has 2 rings (SSSR count). The fourth-order valence-electron chi connectivity index (χ4n) is 1.77. The van der Waals surface area contributed by atoms with Crippen LogP contribution in [-0.4, -0.2) is 20.9 Å². The maximum absolute atomic E-state index is 12.0. The molecule has 0 N–H and O–H groups in total. The Labute approximate surface area is 106 Å². The van der Waals surface area contributed by atoms with Gasteiger partial charge in [0.15, 0.2) is 0 Å². The molecule has 4 heteroatoms. The van der Waals surface area contributed by atoms with Gasteiger partial charge in [0.2, 0.25) is 5.91 Å². The van der Waals surface area contributed by atoms with Crippen LogP contribution < -0.4 is 0 Å². The van der Waals surface area contributed by atoms with Crippen molar-refractivity contribution in [1.82, 2.24) is 15.0 Å². The minimum Gasteiger partial charge on any atom is -0.272 e. The van der Waals surface area contributed by atoms with Crippen LogP contribution in [0.2, 0.25) is 0 Å².